The minimum absolute atomic E-state index is 0.0232. The summed E-state index contributed by atoms with van der Waals surface area (Å²) in [7, 11) is 0. The van der Waals surface area contributed by atoms with Crippen molar-refractivity contribution in [2.75, 3.05) is 6.61 Å². The van der Waals surface area contributed by atoms with Crippen molar-refractivity contribution >= 4 is 11.9 Å². The molecule has 0 aromatic heterocycles. The Balaban J connectivity index is 2.53. The Morgan fingerprint density at radius 3 is 2.23 bits per heavy atom. The van der Waals surface area contributed by atoms with E-state index in [9.17, 15) is 22.8 Å². The maximum absolute atomic E-state index is 12.6. The fourth-order valence-corrected chi connectivity index (χ4v) is 2.50. The number of allylic oxidation sites excluding steroid dienone is 1. The first-order valence-electron chi connectivity index (χ1n) is 7.52. The summed E-state index contributed by atoms with van der Waals surface area (Å²) < 4.78 is 42.5. The second-order valence-corrected chi connectivity index (χ2v) is 5.35. The predicted molar refractivity (Wildman–Crippen MR) is 74.7 cm³/mol. The molecule has 126 valence electrons. The van der Waals surface area contributed by atoms with Crippen molar-refractivity contribution in [1.82, 2.24) is 5.32 Å². The normalized spacial score (nSPS) is 23.0. The lowest BCUT2D eigenvalue weighted by atomic mass is 9.81. The summed E-state index contributed by atoms with van der Waals surface area (Å²) in [6, 6.07) is 0. The average Bonchev–Trinajstić information content (AvgIpc) is 2.46. The van der Waals surface area contributed by atoms with Gasteiger partial charge in [0.15, 0.2) is 0 Å². The third kappa shape index (κ3) is 5.69. The topological polar surface area (TPSA) is 55.4 Å². The molecule has 0 saturated heterocycles. The number of ether oxygens (including phenoxy) is 1. The van der Waals surface area contributed by atoms with Crippen LogP contribution in [0.15, 0.2) is 11.8 Å². The SMILES string of the molecule is CCOC(=O)C=C(CC)NC(=O)C1CCC(C(F)(F)F)CC1. The number of hydrogen-bond acceptors (Lipinski definition) is 3. The second kappa shape index (κ2) is 8.19. The molecule has 0 heterocycles. The van der Waals surface area contributed by atoms with Gasteiger partial charge in [-0.05, 0) is 39.0 Å². The third-order valence-electron chi connectivity index (χ3n) is 3.80. The van der Waals surface area contributed by atoms with Crippen molar-refractivity contribution in [3.63, 3.8) is 0 Å². The van der Waals surface area contributed by atoms with Gasteiger partial charge in [-0.2, -0.15) is 13.2 Å². The Labute approximate surface area is 128 Å². The second-order valence-electron chi connectivity index (χ2n) is 5.35. The van der Waals surface area contributed by atoms with Gasteiger partial charge >= 0.3 is 12.1 Å². The minimum Gasteiger partial charge on any atom is -0.463 e. The van der Waals surface area contributed by atoms with E-state index in [1.807, 2.05) is 0 Å². The van der Waals surface area contributed by atoms with Crippen LogP contribution in [0.1, 0.15) is 46.0 Å². The minimum atomic E-state index is -4.18. The maximum atomic E-state index is 12.6. The van der Waals surface area contributed by atoms with Crippen LogP contribution in [0.25, 0.3) is 0 Å². The van der Waals surface area contributed by atoms with E-state index in [2.05, 4.69) is 5.32 Å². The first-order valence-corrected chi connectivity index (χ1v) is 7.52. The third-order valence-corrected chi connectivity index (χ3v) is 3.80. The van der Waals surface area contributed by atoms with Crippen LogP contribution in [-0.2, 0) is 14.3 Å². The van der Waals surface area contributed by atoms with E-state index in [0.717, 1.165) is 0 Å². The molecule has 0 radical (unpaired) electrons. The predicted octanol–water partition coefficient (Wildman–Crippen LogP) is 3.33. The summed E-state index contributed by atoms with van der Waals surface area (Å²) in [4.78, 5) is 23.4. The Bertz CT molecular complexity index is 424. The molecule has 7 heteroatoms. The van der Waals surface area contributed by atoms with E-state index in [1.165, 1.54) is 6.08 Å². The van der Waals surface area contributed by atoms with Gasteiger partial charge < -0.3 is 10.1 Å². The Morgan fingerprint density at radius 1 is 1.18 bits per heavy atom. The van der Waals surface area contributed by atoms with Crippen LogP contribution < -0.4 is 5.32 Å². The molecule has 4 nitrogen and oxygen atoms in total. The van der Waals surface area contributed by atoms with Gasteiger partial charge in [-0.1, -0.05) is 6.92 Å². The highest BCUT2D eigenvalue weighted by Crippen LogP contribution is 2.39. The van der Waals surface area contributed by atoms with Gasteiger partial charge in [-0.15, -0.1) is 0 Å². The molecular weight excluding hydrogens is 299 g/mol. The molecule has 1 N–H and O–H groups in total. The van der Waals surface area contributed by atoms with E-state index in [1.54, 1.807) is 13.8 Å². The van der Waals surface area contributed by atoms with Crippen LogP contribution in [0.4, 0.5) is 13.2 Å². The Morgan fingerprint density at radius 2 is 1.77 bits per heavy atom. The van der Waals surface area contributed by atoms with Crippen LogP contribution in [0.5, 0.6) is 0 Å². The summed E-state index contributed by atoms with van der Waals surface area (Å²) in [6.07, 6.45) is -2.15. The number of alkyl halides is 3. The fraction of sp³-hybridized carbons (Fsp3) is 0.733. The molecule has 0 spiro atoms. The van der Waals surface area contributed by atoms with Gasteiger partial charge in [0.1, 0.15) is 0 Å². The smallest absolute Gasteiger partial charge is 0.391 e. The molecular formula is C15H22F3NO3. The summed E-state index contributed by atoms with van der Waals surface area (Å²) in [5.41, 5.74) is 0.418. The molecule has 0 unspecified atom stereocenters. The number of carbonyl (C=O) groups is 2. The molecule has 1 aliphatic rings. The summed E-state index contributed by atoms with van der Waals surface area (Å²) in [5, 5.41) is 2.62. The number of amides is 1. The number of halogens is 3. The number of rotatable bonds is 5. The molecule has 1 amide bonds. The van der Waals surface area contributed by atoms with Crippen molar-refractivity contribution in [3.05, 3.63) is 11.8 Å². The monoisotopic (exact) mass is 321 g/mol. The average molecular weight is 321 g/mol. The van der Waals surface area contributed by atoms with E-state index in [-0.39, 0.29) is 38.2 Å². The molecule has 0 aliphatic heterocycles. The fourth-order valence-electron chi connectivity index (χ4n) is 2.50. The van der Waals surface area contributed by atoms with Crippen molar-refractivity contribution in [2.45, 2.75) is 52.1 Å². The van der Waals surface area contributed by atoms with Crippen molar-refractivity contribution in [2.24, 2.45) is 11.8 Å². The van der Waals surface area contributed by atoms with Crippen LogP contribution in [0.2, 0.25) is 0 Å². The number of nitrogens with one attached hydrogen (secondary N) is 1. The van der Waals surface area contributed by atoms with Crippen LogP contribution in [0.3, 0.4) is 0 Å². The van der Waals surface area contributed by atoms with Crippen molar-refractivity contribution in [1.29, 1.82) is 0 Å². The first-order chi connectivity index (χ1) is 10.3. The van der Waals surface area contributed by atoms with E-state index >= 15 is 0 Å². The zero-order chi connectivity index (χ0) is 16.8. The first kappa shape index (κ1) is 18.5. The molecule has 22 heavy (non-hydrogen) atoms. The molecule has 1 aliphatic carbocycles. The largest absolute Gasteiger partial charge is 0.463 e. The Hall–Kier alpha value is -1.53. The lowest BCUT2D eigenvalue weighted by molar-refractivity contribution is -0.184. The lowest BCUT2D eigenvalue weighted by Crippen LogP contribution is -2.35. The highest BCUT2D eigenvalue weighted by atomic mass is 19.4. The van der Waals surface area contributed by atoms with Gasteiger partial charge in [0.05, 0.1) is 12.5 Å². The standard InChI is InChI=1S/C15H22F3NO3/c1-3-12(9-13(20)22-4-2)19-14(21)10-5-7-11(8-6-10)15(16,17)18/h9-11H,3-8H2,1-2H3,(H,19,21). The molecule has 0 atom stereocenters. The van der Waals surface area contributed by atoms with Gasteiger partial charge in [0.25, 0.3) is 0 Å². The molecule has 0 aromatic rings. The number of carbonyl (C=O) groups excluding carboxylic acids is 2. The van der Waals surface area contributed by atoms with Gasteiger partial charge in [-0.3, -0.25) is 4.79 Å². The van der Waals surface area contributed by atoms with Gasteiger partial charge in [0.2, 0.25) is 5.91 Å². The summed E-state index contributed by atoms with van der Waals surface area (Å²) in [6.45, 7) is 3.68. The molecule has 0 bridgehead atoms. The zero-order valence-electron chi connectivity index (χ0n) is 12.8. The highest BCUT2D eigenvalue weighted by molar-refractivity contribution is 5.85. The zero-order valence-corrected chi connectivity index (χ0v) is 12.8. The van der Waals surface area contributed by atoms with Crippen LogP contribution >= 0.6 is 0 Å². The molecule has 1 saturated carbocycles. The van der Waals surface area contributed by atoms with E-state index in [4.69, 9.17) is 4.74 Å². The van der Waals surface area contributed by atoms with Crippen LogP contribution in [-0.4, -0.2) is 24.7 Å². The Kier molecular flexibility index (Phi) is 6.90. The van der Waals surface area contributed by atoms with E-state index in [0.29, 0.717) is 12.1 Å². The van der Waals surface area contributed by atoms with Crippen LogP contribution in [0, 0.1) is 11.8 Å². The van der Waals surface area contributed by atoms with Gasteiger partial charge in [-0.25, -0.2) is 4.79 Å². The molecule has 0 aromatic carbocycles. The number of hydrogen-bond donors (Lipinski definition) is 1. The summed E-state index contributed by atoms with van der Waals surface area (Å²) >= 11 is 0. The lowest BCUT2D eigenvalue weighted by Gasteiger charge is -2.29. The van der Waals surface area contributed by atoms with Gasteiger partial charge in [0, 0.05) is 17.7 Å². The summed E-state index contributed by atoms with van der Waals surface area (Å²) in [5.74, 6) is -2.61. The maximum Gasteiger partial charge on any atom is 0.391 e. The van der Waals surface area contributed by atoms with Crippen molar-refractivity contribution < 1.29 is 27.5 Å². The number of esters is 1. The molecule has 1 rings (SSSR count). The van der Waals surface area contributed by atoms with E-state index < -0.39 is 24.0 Å². The van der Waals surface area contributed by atoms with Crippen molar-refractivity contribution in [3.8, 4) is 0 Å². The highest BCUT2D eigenvalue weighted by Gasteiger charge is 2.42. The molecule has 1 fully saturated rings. The quantitative estimate of drug-likeness (QED) is 0.624.